The van der Waals surface area contributed by atoms with Crippen molar-refractivity contribution in [3.63, 3.8) is 0 Å². The van der Waals surface area contributed by atoms with Crippen molar-refractivity contribution in [3.8, 4) is 10.6 Å². The molecular weight excluding hydrogens is 597 g/mol. The van der Waals surface area contributed by atoms with Gasteiger partial charge in [0.25, 0.3) is 0 Å². The Morgan fingerprint density at radius 3 is 2.55 bits per heavy atom. The van der Waals surface area contributed by atoms with Crippen LogP contribution in [0.3, 0.4) is 0 Å². The summed E-state index contributed by atoms with van der Waals surface area (Å²) >= 11 is 1.54. The number of rotatable bonds is 11. The first-order chi connectivity index (χ1) is 20.9. The number of ether oxygens (including phenoxy) is 1. The molecular formula is C32H40N6O4S2. The van der Waals surface area contributed by atoms with Gasteiger partial charge in [-0.2, -0.15) is 4.98 Å². The third-order valence-electron chi connectivity index (χ3n) is 8.83. The fourth-order valence-corrected chi connectivity index (χ4v) is 8.52. The number of pyridine rings is 1. The quantitative estimate of drug-likeness (QED) is 0.202. The van der Waals surface area contributed by atoms with Crippen LogP contribution < -0.4 is 10.6 Å². The number of nitrogens with one attached hydrogen (secondary N) is 2. The number of hydrogen-bond donors (Lipinski definition) is 3. The maximum absolute atomic E-state index is 12.5. The van der Waals surface area contributed by atoms with Gasteiger partial charge in [0.1, 0.15) is 31.8 Å². The Bertz CT molecular complexity index is 1760. The molecule has 2 aliphatic carbocycles. The average molecular weight is 637 g/mol. The van der Waals surface area contributed by atoms with Crippen LogP contribution in [-0.4, -0.2) is 69.3 Å². The van der Waals surface area contributed by atoms with Crippen LogP contribution in [0.15, 0.2) is 42.6 Å². The van der Waals surface area contributed by atoms with E-state index in [0.29, 0.717) is 24.1 Å². The van der Waals surface area contributed by atoms with Crippen LogP contribution in [0.4, 0.5) is 11.8 Å². The summed E-state index contributed by atoms with van der Waals surface area (Å²) in [4.78, 5) is 19.1. The highest BCUT2D eigenvalue weighted by atomic mass is 32.2. The normalized spacial score (nSPS) is 24.5. The molecule has 2 fully saturated rings. The highest BCUT2D eigenvalue weighted by Gasteiger charge is 2.53. The predicted molar refractivity (Wildman–Crippen MR) is 175 cm³/mol. The molecule has 2 aliphatic rings. The van der Waals surface area contributed by atoms with Gasteiger partial charge in [0, 0.05) is 24.4 Å². The summed E-state index contributed by atoms with van der Waals surface area (Å²) in [6.07, 6.45) is 5.04. The second-order valence-corrected chi connectivity index (χ2v) is 15.8. The van der Waals surface area contributed by atoms with Crippen molar-refractivity contribution in [2.45, 2.75) is 77.4 Å². The zero-order chi connectivity index (χ0) is 31.2. The van der Waals surface area contributed by atoms with E-state index in [1.54, 1.807) is 24.5 Å². The molecule has 0 radical (unpaired) electrons. The van der Waals surface area contributed by atoms with E-state index in [4.69, 9.17) is 19.7 Å². The van der Waals surface area contributed by atoms with E-state index in [2.05, 4.69) is 22.5 Å². The molecule has 0 spiro atoms. The maximum Gasteiger partial charge on any atom is 0.225 e. The molecule has 0 bridgehead atoms. The Kier molecular flexibility index (Phi) is 8.38. The zero-order valence-corrected chi connectivity index (χ0v) is 27.4. The third-order valence-corrected chi connectivity index (χ3v) is 10.9. The lowest BCUT2D eigenvalue weighted by molar-refractivity contribution is -0.102. The highest BCUT2D eigenvalue weighted by Crippen LogP contribution is 2.43. The summed E-state index contributed by atoms with van der Waals surface area (Å²) in [6.45, 7) is 8.01. The van der Waals surface area contributed by atoms with Crippen molar-refractivity contribution in [2.24, 2.45) is 11.8 Å². The predicted octanol–water partition coefficient (Wildman–Crippen LogP) is 5.16. The van der Waals surface area contributed by atoms with Crippen LogP contribution in [0.5, 0.6) is 0 Å². The number of sulfone groups is 1. The Hall–Kier alpha value is -3.19. The van der Waals surface area contributed by atoms with Crippen molar-refractivity contribution >= 4 is 43.2 Å². The molecule has 0 amide bonds. The molecule has 0 saturated heterocycles. The average Bonchev–Trinajstić information content (AvgIpc) is 3.67. The zero-order valence-electron chi connectivity index (χ0n) is 25.7. The minimum absolute atomic E-state index is 0.0910. The SMILES string of the molecule is Cc1nc(N[C@H](C)C2CC2)nc(N[C@@H]2C[C@H](CS(C)(=O)=O)[C@@H](OCc3ccccc3)[C@@]2(C)O)c1-c1nc2c(C)nccc2s1. The van der Waals surface area contributed by atoms with Gasteiger partial charge in [-0.05, 0) is 64.5 Å². The summed E-state index contributed by atoms with van der Waals surface area (Å²) < 4.78 is 32.3. The lowest BCUT2D eigenvalue weighted by Crippen LogP contribution is -2.49. The minimum atomic E-state index is -3.34. The monoisotopic (exact) mass is 636 g/mol. The Morgan fingerprint density at radius 1 is 1.11 bits per heavy atom. The van der Waals surface area contributed by atoms with Gasteiger partial charge in [0.15, 0.2) is 0 Å². The van der Waals surface area contributed by atoms with Gasteiger partial charge in [-0.15, -0.1) is 11.3 Å². The first-order valence-corrected chi connectivity index (χ1v) is 18.0. The summed E-state index contributed by atoms with van der Waals surface area (Å²) in [5, 5.41) is 19.8. The van der Waals surface area contributed by atoms with Crippen LogP contribution in [-0.2, 0) is 21.2 Å². The van der Waals surface area contributed by atoms with Crippen LogP contribution >= 0.6 is 11.3 Å². The molecule has 5 atom stereocenters. The number of aliphatic hydroxyl groups is 1. The molecule has 10 nitrogen and oxygen atoms in total. The second-order valence-electron chi connectivity index (χ2n) is 12.6. The van der Waals surface area contributed by atoms with Crippen molar-refractivity contribution in [1.29, 1.82) is 0 Å². The summed E-state index contributed by atoms with van der Waals surface area (Å²) in [6, 6.07) is 11.3. The molecule has 4 aromatic rings. The van der Waals surface area contributed by atoms with Gasteiger partial charge in [-0.1, -0.05) is 30.3 Å². The molecule has 12 heteroatoms. The van der Waals surface area contributed by atoms with E-state index in [1.165, 1.54) is 19.1 Å². The van der Waals surface area contributed by atoms with E-state index < -0.39 is 33.5 Å². The molecule has 3 heterocycles. The van der Waals surface area contributed by atoms with Crippen LogP contribution in [0.1, 0.15) is 50.1 Å². The second kappa shape index (κ2) is 12.0. The molecule has 3 aromatic heterocycles. The first-order valence-electron chi connectivity index (χ1n) is 15.1. The number of nitrogens with zero attached hydrogens (tertiary/aromatic N) is 4. The van der Waals surface area contributed by atoms with Gasteiger partial charge < -0.3 is 20.5 Å². The van der Waals surface area contributed by atoms with Crippen molar-refractivity contribution < 1.29 is 18.3 Å². The number of anilines is 2. The standard InChI is InChI=1S/C32H40N6O4S2/c1-18(22-11-12-22)34-31-35-19(2)26(30-37-27-20(3)33-14-13-24(27)43-30)29(38-31)36-25-15-23(17-44(5,40)41)28(32(25,4)39)42-16-21-9-7-6-8-10-21/h6-10,13-14,18,22-23,25,28,39H,11-12,15-17H2,1-5H3,(H2,34,35,36,38)/t18-,23-,25-,28-,32+/m1/s1. The maximum atomic E-state index is 12.5. The first kappa shape index (κ1) is 30.8. The number of aryl methyl sites for hydroxylation is 2. The summed E-state index contributed by atoms with van der Waals surface area (Å²) in [5.74, 6) is 1.14. The lowest BCUT2D eigenvalue weighted by Gasteiger charge is -2.33. The molecule has 0 unspecified atom stereocenters. The fraction of sp³-hybridized carbons (Fsp3) is 0.500. The van der Waals surface area contributed by atoms with E-state index in [9.17, 15) is 13.5 Å². The number of aromatic nitrogens is 4. The van der Waals surface area contributed by atoms with E-state index in [0.717, 1.165) is 37.7 Å². The van der Waals surface area contributed by atoms with E-state index >= 15 is 0 Å². The lowest BCUT2D eigenvalue weighted by atomic mass is 9.96. The van der Waals surface area contributed by atoms with Crippen molar-refractivity contribution in [2.75, 3.05) is 22.6 Å². The van der Waals surface area contributed by atoms with Crippen molar-refractivity contribution in [3.05, 3.63) is 59.5 Å². The van der Waals surface area contributed by atoms with Crippen LogP contribution in [0.25, 0.3) is 20.8 Å². The molecule has 0 aliphatic heterocycles. The molecule has 1 aromatic carbocycles. The molecule has 3 N–H and O–H groups in total. The number of thiazole rings is 1. The Balaban J connectivity index is 1.37. The van der Waals surface area contributed by atoms with Crippen molar-refractivity contribution in [1.82, 2.24) is 19.9 Å². The third kappa shape index (κ3) is 6.58. The largest absolute Gasteiger partial charge is 0.385 e. The van der Waals surface area contributed by atoms with Crippen LogP contribution in [0, 0.1) is 25.7 Å². The molecule has 6 rings (SSSR count). The topological polar surface area (TPSA) is 139 Å². The number of benzene rings is 1. The van der Waals surface area contributed by atoms with Gasteiger partial charge in [0.05, 0.1) is 46.2 Å². The number of fused-ring (bicyclic) bond motifs is 1. The fourth-order valence-electron chi connectivity index (χ4n) is 6.32. The summed E-state index contributed by atoms with van der Waals surface area (Å²) in [5.41, 5.74) is 2.73. The molecule has 44 heavy (non-hydrogen) atoms. The van der Waals surface area contributed by atoms with Gasteiger partial charge in [-0.3, -0.25) is 4.98 Å². The molecule has 234 valence electrons. The summed E-state index contributed by atoms with van der Waals surface area (Å²) in [7, 11) is -3.34. The molecule has 2 saturated carbocycles. The highest BCUT2D eigenvalue weighted by molar-refractivity contribution is 7.90. The van der Waals surface area contributed by atoms with Gasteiger partial charge in [-0.25, -0.2) is 18.4 Å². The van der Waals surface area contributed by atoms with Gasteiger partial charge in [0.2, 0.25) is 5.95 Å². The van der Waals surface area contributed by atoms with E-state index in [-0.39, 0.29) is 18.4 Å². The van der Waals surface area contributed by atoms with Gasteiger partial charge >= 0.3 is 0 Å². The Labute approximate surface area is 262 Å². The Morgan fingerprint density at radius 2 is 1.86 bits per heavy atom. The minimum Gasteiger partial charge on any atom is -0.385 e. The van der Waals surface area contributed by atoms with Crippen LogP contribution in [0.2, 0.25) is 0 Å². The van der Waals surface area contributed by atoms with E-state index in [1.807, 2.05) is 50.2 Å². The number of hydrogen-bond acceptors (Lipinski definition) is 11. The smallest absolute Gasteiger partial charge is 0.225 e.